The second-order valence-electron chi connectivity index (χ2n) is 6.98. The van der Waals surface area contributed by atoms with E-state index in [1.165, 1.54) is 12.8 Å². The summed E-state index contributed by atoms with van der Waals surface area (Å²) in [5, 5.41) is 13.9. The quantitative estimate of drug-likeness (QED) is 0.867. The van der Waals surface area contributed by atoms with Crippen LogP contribution >= 0.6 is 0 Å². The average molecular weight is 334 g/mol. The minimum Gasteiger partial charge on any atom is -0.497 e. The van der Waals surface area contributed by atoms with Crippen LogP contribution in [0.5, 0.6) is 11.5 Å². The Morgan fingerprint density at radius 2 is 1.58 bits per heavy atom. The molecule has 0 radical (unpaired) electrons. The van der Waals surface area contributed by atoms with Crippen LogP contribution in [0.15, 0.2) is 18.2 Å². The van der Waals surface area contributed by atoms with Gasteiger partial charge in [0.2, 0.25) is 0 Å². The molecule has 5 nitrogen and oxygen atoms in total. The van der Waals surface area contributed by atoms with Gasteiger partial charge in [-0.3, -0.25) is 4.90 Å². The Morgan fingerprint density at radius 1 is 0.958 bits per heavy atom. The molecule has 0 spiro atoms. The smallest absolute Gasteiger partial charge is 0.124 e. The van der Waals surface area contributed by atoms with Gasteiger partial charge in [0.15, 0.2) is 0 Å². The first-order valence-corrected chi connectivity index (χ1v) is 9.11. The normalized spacial score (nSPS) is 26.1. The zero-order valence-electron chi connectivity index (χ0n) is 14.8. The van der Waals surface area contributed by atoms with E-state index in [4.69, 9.17) is 9.47 Å². The van der Waals surface area contributed by atoms with Gasteiger partial charge in [0.05, 0.1) is 20.3 Å². The highest BCUT2D eigenvalue weighted by molar-refractivity contribution is 5.54. The molecule has 24 heavy (non-hydrogen) atoms. The number of benzene rings is 1. The Bertz CT molecular complexity index is 507. The summed E-state index contributed by atoms with van der Waals surface area (Å²) in [7, 11) is 3.35. The molecule has 0 aromatic heterocycles. The third kappa shape index (κ3) is 4.14. The fourth-order valence-electron chi connectivity index (χ4n) is 4.02. The molecule has 2 N–H and O–H groups in total. The molecule has 134 valence electrons. The van der Waals surface area contributed by atoms with Crippen LogP contribution in [0.25, 0.3) is 0 Å². The number of aliphatic hydroxyl groups is 1. The second-order valence-corrected chi connectivity index (χ2v) is 6.98. The van der Waals surface area contributed by atoms with Crippen molar-refractivity contribution in [3.8, 4) is 11.5 Å². The number of rotatable bonds is 5. The van der Waals surface area contributed by atoms with E-state index in [1.807, 2.05) is 18.2 Å². The lowest BCUT2D eigenvalue weighted by Gasteiger charge is -2.41. The van der Waals surface area contributed by atoms with Crippen LogP contribution in [0.1, 0.15) is 38.5 Å². The highest BCUT2D eigenvalue weighted by Gasteiger charge is 2.31. The molecule has 1 saturated heterocycles. The number of ether oxygens (including phenoxy) is 2. The number of anilines is 1. The van der Waals surface area contributed by atoms with Gasteiger partial charge >= 0.3 is 0 Å². The summed E-state index contributed by atoms with van der Waals surface area (Å²) in [4.78, 5) is 2.49. The highest BCUT2D eigenvalue weighted by Crippen LogP contribution is 2.29. The highest BCUT2D eigenvalue weighted by atomic mass is 16.5. The van der Waals surface area contributed by atoms with Crippen molar-refractivity contribution in [1.29, 1.82) is 0 Å². The van der Waals surface area contributed by atoms with Crippen molar-refractivity contribution in [2.24, 2.45) is 0 Å². The van der Waals surface area contributed by atoms with E-state index < -0.39 is 0 Å². The van der Waals surface area contributed by atoms with Crippen molar-refractivity contribution in [1.82, 2.24) is 4.90 Å². The molecular formula is C19H30N2O3. The number of likely N-dealkylation sites (tertiary alicyclic amines) is 1. The molecular weight excluding hydrogens is 304 g/mol. The zero-order chi connectivity index (χ0) is 16.9. The molecule has 5 heteroatoms. The number of piperidine rings is 1. The number of hydrogen-bond acceptors (Lipinski definition) is 5. The Kier molecular flexibility index (Phi) is 5.85. The number of nitrogens with one attached hydrogen (secondary N) is 1. The average Bonchev–Trinajstić information content (AvgIpc) is 2.62. The maximum absolute atomic E-state index is 10.3. The van der Waals surface area contributed by atoms with Crippen molar-refractivity contribution < 1.29 is 14.6 Å². The fraction of sp³-hybridized carbons (Fsp3) is 0.684. The molecule has 3 rings (SSSR count). The van der Waals surface area contributed by atoms with Gasteiger partial charge in [0.25, 0.3) is 0 Å². The molecule has 1 heterocycles. The molecule has 2 aliphatic rings. The van der Waals surface area contributed by atoms with Gasteiger partial charge in [-0.15, -0.1) is 0 Å². The lowest BCUT2D eigenvalue weighted by molar-refractivity contribution is 0.00993. The van der Waals surface area contributed by atoms with E-state index in [0.717, 1.165) is 56.0 Å². The molecule has 2 unspecified atom stereocenters. The number of hydrogen-bond donors (Lipinski definition) is 2. The first-order valence-electron chi connectivity index (χ1n) is 9.11. The fourth-order valence-corrected chi connectivity index (χ4v) is 4.02. The van der Waals surface area contributed by atoms with Crippen LogP contribution in [0.3, 0.4) is 0 Å². The van der Waals surface area contributed by atoms with Crippen LogP contribution in [0.4, 0.5) is 5.69 Å². The predicted octanol–water partition coefficient (Wildman–Crippen LogP) is 2.88. The predicted molar refractivity (Wildman–Crippen MR) is 96.0 cm³/mol. The van der Waals surface area contributed by atoms with Gasteiger partial charge < -0.3 is 19.9 Å². The third-order valence-electron chi connectivity index (χ3n) is 5.41. The summed E-state index contributed by atoms with van der Waals surface area (Å²) in [5.74, 6) is 1.61. The standard InChI is InChI=1S/C19H30N2O3/c1-23-16-11-15(12-17(13-16)24-2)20-14-7-9-21(10-8-14)18-5-3-4-6-19(18)22/h11-14,18-20,22H,3-10H2,1-2H3. The maximum atomic E-state index is 10.3. The van der Waals surface area contributed by atoms with Crippen LogP contribution in [0.2, 0.25) is 0 Å². The summed E-state index contributed by atoms with van der Waals surface area (Å²) in [5.41, 5.74) is 1.04. The Labute approximate surface area is 144 Å². The van der Waals surface area contributed by atoms with Crippen LogP contribution in [-0.4, -0.2) is 55.5 Å². The third-order valence-corrected chi connectivity index (χ3v) is 5.41. The van der Waals surface area contributed by atoms with Crippen LogP contribution in [-0.2, 0) is 0 Å². The van der Waals surface area contributed by atoms with Gasteiger partial charge in [-0.05, 0) is 25.7 Å². The first-order chi connectivity index (χ1) is 11.7. The van der Waals surface area contributed by atoms with Gasteiger partial charge in [0.1, 0.15) is 11.5 Å². The molecule has 0 bridgehead atoms. The van der Waals surface area contributed by atoms with E-state index in [1.54, 1.807) is 14.2 Å². The van der Waals surface area contributed by atoms with E-state index in [9.17, 15) is 5.11 Å². The SMILES string of the molecule is COc1cc(NC2CCN(C3CCCCC3O)CC2)cc(OC)c1. The number of nitrogens with zero attached hydrogens (tertiary/aromatic N) is 1. The topological polar surface area (TPSA) is 54.0 Å². The summed E-state index contributed by atoms with van der Waals surface area (Å²) >= 11 is 0. The Balaban J connectivity index is 1.55. The minimum absolute atomic E-state index is 0.133. The summed E-state index contributed by atoms with van der Waals surface area (Å²) in [6.45, 7) is 2.11. The van der Waals surface area contributed by atoms with Crippen LogP contribution < -0.4 is 14.8 Å². The summed E-state index contributed by atoms with van der Waals surface area (Å²) < 4.78 is 10.7. The largest absolute Gasteiger partial charge is 0.497 e. The summed E-state index contributed by atoms with van der Waals surface area (Å²) in [6, 6.07) is 6.74. The second kappa shape index (κ2) is 8.08. The van der Waals surface area contributed by atoms with Gasteiger partial charge in [-0.1, -0.05) is 12.8 Å². The van der Waals surface area contributed by atoms with Gasteiger partial charge in [0, 0.05) is 49.1 Å². The van der Waals surface area contributed by atoms with Crippen molar-refractivity contribution in [3.63, 3.8) is 0 Å². The van der Waals surface area contributed by atoms with E-state index in [2.05, 4.69) is 10.2 Å². The summed E-state index contributed by atoms with van der Waals surface area (Å²) in [6.07, 6.45) is 6.60. The minimum atomic E-state index is -0.133. The molecule has 1 aromatic carbocycles. The Hall–Kier alpha value is -1.46. The van der Waals surface area contributed by atoms with Crippen LogP contribution in [0, 0.1) is 0 Å². The lowest BCUT2D eigenvalue weighted by atomic mass is 9.89. The van der Waals surface area contributed by atoms with E-state index in [0.29, 0.717) is 12.1 Å². The Morgan fingerprint density at radius 3 is 2.17 bits per heavy atom. The first kappa shape index (κ1) is 17.4. The van der Waals surface area contributed by atoms with E-state index >= 15 is 0 Å². The number of methoxy groups -OCH3 is 2. The van der Waals surface area contributed by atoms with Crippen molar-refractivity contribution in [2.45, 2.75) is 56.7 Å². The van der Waals surface area contributed by atoms with Crippen molar-refractivity contribution >= 4 is 5.69 Å². The monoisotopic (exact) mass is 334 g/mol. The van der Waals surface area contributed by atoms with Gasteiger partial charge in [-0.25, -0.2) is 0 Å². The lowest BCUT2D eigenvalue weighted by Crippen LogP contribution is -2.50. The molecule has 0 amide bonds. The molecule has 1 aliphatic heterocycles. The molecule has 2 atom stereocenters. The molecule has 1 saturated carbocycles. The maximum Gasteiger partial charge on any atom is 0.124 e. The number of aliphatic hydroxyl groups excluding tert-OH is 1. The molecule has 1 aliphatic carbocycles. The van der Waals surface area contributed by atoms with E-state index in [-0.39, 0.29) is 6.10 Å². The van der Waals surface area contributed by atoms with Crippen molar-refractivity contribution in [3.05, 3.63) is 18.2 Å². The molecule has 1 aromatic rings. The molecule has 2 fully saturated rings. The van der Waals surface area contributed by atoms with Gasteiger partial charge in [-0.2, -0.15) is 0 Å². The zero-order valence-corrected chi connectivity index (χ0v) is 14.8. The van der Waals surface area contributed by atoms with Crippen molar-refractivity contribution in [2.75, 3.05) is 32.6 Å².